The van der Waals surface area contributed by atoms with Crippen LogP contribution in [0.1, 0.15) is 16.7 Å². The molecule has 3 aromatic carbocycles. The molecule has 0 radical (unpaired) electrons. The van der Waals surface area contributed by atoms with Crippen molar-refractivity contribution < 1.29 is 14.3 Å². The fourth-order valence-corrected chi connectivity index (χ4v) is 3.44. The third-order valence-electron chi connectivity index (χ3n) is 5.12. The monoisotopic (exact) mass is 409 g/mol. The summed E-state index contributed by atoms with van der Waals surface area (Å²) in [6.07, 6.45) is 0. The molecule has 0 spiro atoms. The van der Waals surface area contributed by atoms with Crippen molar-refractivity contribution >= 4 is 28.8 Å². The molecule has 0 saturated heterocycles. The highest BCUT2D eigenvalue weighted by Gasteiger charge is 2.40. The van der Waals surface area contributed by atoms with Crippen LogP contribution in [0.25, 0.3) is 5.57 Å². The summed E-state index contributed by atoms with van der Waals surface area (Å²) in [6, 6.07) is 22.9. The van der Waals surface area contributed by atoms with E-state index in [-0.39, 0.29) is 11.3 Å². The molecular formula is C25H19N3O3. The van der Waals surface area contributed by atoms with Crippen LogP contribution in [0.4, 0.5) is 11.4 Å². The minimum absolute atomic E-state index is 0.203. The first-order valence-electron chi connectivity index (χ1n) is 9.64. The lowest BCUT2D eigenvalue weighted by Crippen LogP contribution is -2.32. The summed E-state index contributed by atoms with van der Waals surface area (Å²) in [4.78, 5) is 27.9. The maximum absolute atomic E-state index is 13.4. The summed E-state index contributed by atoms with van der Waals surface area (Å²) in [5.74, 6) is -0.238. The molecule has 1 N–H and O–H groups in total. The zero-order valence-corrected chi connectivity index (χ0v) is 17.0. The smallest absolute Gasteiger partial charge is 0.282 e. The second-order valence-electron chi connectivity index (χ2n) is 7.02. The number of nitrogens with one attached hydrogen (secondary N) is 1. The minimum atomic E-state index is -0.455. The zero-order chi connectivity index (χ0) is 22.0. The van der Waals surface area contributed by atoms with Crippen LogP contribution in [0.3, 0.4) is 0 Å². The predicted octanol–water partition coefficient (Wildman–Crippen LogP) is 4.27. The van der Waals surface area contributed by atoms with Crippen molar-refractivity contribution in [1.82, 2.24) is 0 Å². The molecule has 0 atom stereocenters. The molecule has 0 saturated carbocycles. The van der Waals surface area contributed by atoms with Gasteiger partial charge in [-0.3, -0.25) is 9.59 Å². The summed E-state index contributed by atoms with van der Waals surface area (Å²) >= 11 is 0. The average Bonchev–Trinajstić information content (AvgIpc) is 3.04. The Kier molecular flexibility index (Phi) is 5.25. The van der Waals surface area contributed by atoms with E-state index in [4.69, 9.17) is 10.00 Å². The summed E-state index contributed by atoms with van der Waals surface area (Å²) in [7, 11) is 1.57. The SMILES string of the molecule is COc1ccc(C2=C(Nc3ccccc3C)C(=O)N(c3ccc(C#N)cc3)C2=O)cc1. The van der Waals surface area contributed by atoms with Crippen LogP contribution in [0.5, 0.6) is 5.75 Å². The number of benzene rings is 3. The van der Waals surface area contributed by atoms with Crippen LogP contribution < -0.4 is 15.0 Å². The first-order valence-corrected chi connectivity index (χ1v) is 9.64. The second kappa shape index (κ2) is 8.17. The largest absolute Gasteiger partial charge is 0.497 e. The van der Waals surface area contributed by atoms with E-state index < -0.39 is 11.8 Å². The number of aryl methyl sites for hydroxylation is 1. The maximum atomic E-state index is 13.4. The van der Waals surface area contributed by atoms with Crippen molar-refractivity contribution in [3.8, 4) is 11.8 Å². The molecule has 4 rings (SSSR count). The number of ether oxygens (including phenoxy) is 1. The molecule has 6 nitrogen and oxygen atoms in total. The fourth-order valence-electron chi connectivity index (χ4n) is 3.44. The molecule has 0 bridgehead atoms. The molecule has 6 heteroatoms. The van der Waals surface area contributed by atoms with Gasteiger partial charge in [-0.15, -0.1) is 0 Å². The number of nitriles is 1. The molecule has 1 aliphatic heterocycles. The van der Waals surface area contributed by atoms with E-state index in [1.165, 1.54) is 0 Å². The van der Waals surface area contributed by atoms with Gasteiger partial charge in [0.05, 0.1) is 30.0 Å². The quantitative estimate of drug-likeness (QED) is 0.637. The van der Waals surface area contributed by atoms with E-state index in [1.807, 2.05) is 37.3 Å². The number of hydrogen-bond donors (Lipinski definition) is 1. The van der Waals surface area contributed by atoms with Crippen LogP contribution in [0.15, 0.2) is 78.5 Å². The van der Waals surface area contributed by atoms with Gasteiger partial charge in [0.1, 0.15) is 11.4 Å². The van der Waals surface area contributed by atoms with E-state index >= 15 is 0 Å². The van der Waals surface area contributed by atoms with E-state index in [1.54, 1.807) is 55.6 Å². The highest BCUT2D eigenvalue weighted by molar-refractivity contribution is 6.46. The number of hydrogen-bond acceptors (Lipinski definition) is 5. The van der Waals surface area contributed by atoms with Crippen molar-refractivity contribution in [3.63, 3.8) is 0 Å². The van der Waals surface area contributed by atoms with Crippen molar-refractivity contribution in [2.24, 2.45) is 0 Å². The molecule has 1 heterocycles. The van der Waals surface area contributed by atoms with Crippen LogP contribution in [0, 0.1) is 18.3 Å². The minimum Gasteiger partial charge on any atom is -0.497 e. The average molecular weight is 409 g/mol. The Morgan fingerprint density at radius 3 is 2.19 bits per heavy atom. The highest BCUT2D eigenvalue weighted by Crippen LogP contribution is 2.34. The summed E-state index contributed by atoms with van der Waals surface area (Å²) in [6.45, 7) is 1.93. The molecule has 2 amide bonds. The van der Waals surface area contributed by atoms with Gasteiger partial charge in [0.2, 0.25) is 0 Å². The lowest BCUT2D eigenvalue weighted by atomic mass is 10.0. The number of amides is 2. The zero-order valence-electron chi connectivity index (χ0n) is 17.0. The number of methoxy groups -OCH3 is 1. The van der Waals surface area contributed by atoms with Gasteiger partial charge in [0.25, 0.3) is 11.8 Å². The molecule has 31 heavy (non-hydrogen) atoms. The third-order valence-corrected chi connectivity index (χ3v) is 5.12. The molecule has 3 aromatic rings. The number of carbonyl (C=O) groups excluding carboxylic acids is 2. The summed E-state index contributed by atoms with van der Waals surface area (Å²) < 4.78 is 5.21. The Labute approximate surface area is 180 Å². The molecule has 152 valence electrons. The number of anilines is 2. The number of para-hydroxylation sites is 1. The number of nitrogens with zero attached hydrogens (tertiary/aromatic N) is 2. The Morgan fingerprint density at radius 1 is 0.903 bits per heavy atom. The van der Waals surface area contributed by atoms with Crippen LogP contribution >= 0.6 is 0 Å². The maximum Gasteiger partial charge on any atom is 0.282 e. The first kappa shape index (κ1) is 19.9. The summed E-state index contributed by atoms with van der Waals surface area (Å²) in [5, 5.41) is 12.2. The standard InChI is InChI=1S/C25H19N3O3/c1-16-5-3-4-6-21(16)27-23-22(18-9-13-20(31-2)14-10-18)24(29)28(25(23)30)19-11-7-17(15-26)8-12-19/h3-14,27H,1-2H3. The van der Waals surface area contributed by atoms with Gasteiger partial charge in [0, 0.05) is 5.69 Å². The molecule has 0 unspecified atom stereocenters. The fraction of sp³-hybridized carbons (Fsp3) is 0.0800. The summed E-state index contributed by atoms with van der Waals surface area (Å²) in [5.41, 5.74) is 3.62. The molecular weight excluding hydrogens is 390 g/mol. The number of imide groups is 1. The van der Waals surface area contributed by atoms with Gasteiger partial charge in [-0.25, -0.2) is 4.90 Å². The van der Waals surface area contributed by atoms with E-state index in [2.05, 4.69) is 5.32 Å². The van der Waals surface area contributed by atoms with Crippen molar-refractivity contribution in [2.45, 2.75) is 6.92 Å². The third kappa shape index (κ3) is 3.65. The predicted molar refractivity (Wildman–Crippen MR) is 118 cm³/mol. The molecule has 1 aliphatic rings. The molecule has 0 aromatic heterocycles. The van der Waals surface area contributed by atoms with E-state index in [0.29, 0.717) is 22.6 Å². The highest BCUT2D eigenvalue weighted by atomic mass is 16.5. The number of carbonyl (C=O) groups is 2. The Hall–Kier alpha value is -4.37. The Bertz CT molecular complexity index is 1240. The Morgan fingerprint density at radius 2 is 1.58 bits per heavy atom. The topological polar surface area (TPSA) is 82.4 Å². The Balaban J connectivity index is 1.81. The first-order chi connectivity index (χ1) is 15.0. The number of rotatable bonds is 5. The van der Waals surface area contributed by atoms with Gasteiger partial charge in [-0.2, -0.15) is 5.26 Å². The van der Waals surface area contributed by atoms with Gasteiger partial charge < -0.3 is 10.1 Å². The normalized spacial score (nSPS) is 13.4. The van der Waals surface area contributed by atoms with Crippen LogP contribution in [0.2, 0.25) is 0 Å². The van der Waals surface area contributed by atoms with Gasteiger partial charge >= 0.3 is 0 Å². The van der Waals surface area contributed by atoms with Crippen molar-refractivity contribution in [1.29, 1.82) is 5.26 Å². The van der Waals surface area contributed by atoms with Gasteiger partial charge in [-0.05, 0) is 60.5 Å². The van der Waals surface area contributed by atoms with Crippen LogP contribution in [-0.2, 0) is 9.59 Å². The van der Waals surface area contributed by atoms with E-state index in [0.717, 1.165) is 16.2 Å². The molecule has 0 fully saturated rings. The van der Waals surface area contributed by atoms with Gasteiger partial charge in [0.15, 0.2) is 0 Å². The van der Waals surface area contributed by atoms with Crippen molar-refractivity contribution in [3.05, 3.63) is 95.2 Å². The molecule has 0 aliphatic carbocycles. The second-order valence-corrected chi connectivity index (χ2v) is 7.02. The van der Waals surface area contributed by atoms with Crippen LogP contribution in [-0.4, -0.2) is 18.9 Å². The van der Waals surface area contributed by atoms with Gasteiger partial charge in [-0.1, -0.05) is 30.3 Å². The van der Waals surface area contributed by atoms with Crippen molar-refractivity contribution in [2.75, 3.05) is 17.3 Å². The lowest BCUT2D eigenvalue weighted by molar-refractivity contribution is -0.120. The lowest BCUT2D eigenvalue weighted by Gasteiger charge is -2.15. The van der Waals surface area contributed by atoms with E-state index in [9.17, 15) is 9.59 Å².